The minimum absolute atomic E-state index is 0.0249. The number of halogens is 2. The second-order valence-electron chi connectivity index (χ2n) is 14.0. The number of hydrogen-bond acceptors (Lipinski definition) is 7. The summed E-state index contributed by atoms with van der Waals surface area (Å²) >= 11 is 0. The third kappa shape index (κ3) is 6.90. The number of amides is 2. The van der Waals surface area contributed by atoms with Crippen LogP contribution in [0.4, 0.5) is 13.6 Å². The van der Waals surface area contributed by atoms with E-state index in [-0.39, 0.29) is 30.8 Å². The lowest BCUT2D eigenvalue weighted by atomic mass is 9.90. The second-order valence-corrected chi connectivity index (χ2v) is 14.0. The van der Waals surface area contributed by atoms with E-state index in [0.29, 0.717) is 38.4 Å². The van der Waals surface area contributed by atoms with Gasteiger partial charge in [-0.1, -0.05) is 48.5 Å². The van der Waals surface area contributed by atoms with Crippen LogP contribution in [-0.4, -0.2) is 82.2 Å². The largest absolute Gasteiger partial charge is 0.453 e. The van der Waals surface area contributed by atoms with E-state index in [1.54, 1.807) is 6.20 Å². The maximum Gasteiger partial charge on any atom is 0.407 e. The van der Waals surface area contributed by atoms with Crippen LogP contribution in [0, 0.1) is 5.92 Å². The molecule has 0 aliphatic carbocycles. The van der Waals surface area contributed by atoms with Crippen molar-refractivity contribution in [2.24, 2.45) is 5.92 Å². The Labute approximate surface area is 299 Å². The van der Waals surface area contributed by atoms with Crippen LogP contribution in [0.15, 0.2) is 73.1 Å². The number of nitrogens with zero attached hydrogens (tertiary/aromatic N) is 3. The molecule has 0 bridgehead atoms. The van der Waals surface area contributed by atoms with Crippen molar-refractivity contribution in [1.82, 2.24) is 35.5 Å². The molecule has 5 aromatic rings. The minimum Gasteiger partial charge on any atom is -0.453 e. The summed E-state index contributed by atoms with van der Waals surface area (Å²) in [5.41, 5.74) is 5.70. The number of carbonyl (C=O) groups excluding carboxylic acids is 2. The number of rotatable bonds is 8. The van der Waals surface area contributed by atoms with Gasteiger partial charge in [0.2, 0.25) is 5.91 Å². The summed E-state index contributed by atoms with van der Waals surface area (Å²) in [5, 5.41) is 7.82. The van der Waals surface area contributed by atoms with Crippen molar-refractivity contribution in [1.29, 1.82) is 0 Å². The number of likely N-dealkylation sites (tertiary alicyclic amines) is 1. The topological polar surface area (TPSA) is 137 Å². The van der Waals surface area contributed by atoms with Gasteiger partial charge < -0.3 is 35.0 Å². The molecule has 8 rings (SSSR count). The van der Waals surface area contributed by atoms with Gasteiger partial charge in [0.1, 0.15) is 17.7 Å². The fourth-order valence-corrected chi connectivity index (χ4v) is 7.77. The average Bonchev–Trinajstić information content (AvgIpc) is 4.00. The zero-order valence-electron chi connectivity index (χ0n) is 28.8. The van der Waals surface area contributed by atoms with Crippen molar-refractivity contribution in [2.75, 3.05) is 33.4 Å². The van der Waals surface area contributed by atoms with E-state index in [4.69, 9.17) is 14.5 Å². The van der Waals surface area contributed by atoms with Crippen LogP contribution in [0.1, 0.15) is 55.8 Å². The number of fused-ring (bicyclic) bond motifs is 1. The molecule has 3 aliphatic heterocycles. The first kappa shape index (κ1) is 34.0. The lowest BCUT2D eigenvalue weighted by Crippen LogP contribution is -2.53. The molecular formula is C39H41F2N7O4. The van der Waals surface area contributed by atoms with Gasteiger partial charge in [-0.3, -0.25) is 4.79 Å². The average molecular weight is 710 g/mol. The van der Waals surface area contributed by atoms with Gasteiger partial charge in [0.15, 0.2) is 0 Å². The molecule has 11 nitrogen and oxygen atoms in total. The molecule has 5 heterocycles. The minimum atomic E-state index is -2.72. The van der Waals surface area contributed by atoms with E-state index in [1.165, 1.54) is 7.11 Å². The summed E-state index contributed by atoms with van der Waals surface area (Å²) in [5.74, 6) is -1.60. The molecular weight excluding hydrogens is 668 g/mol. The lowest BCUT2D eigenvalue weighted by molar-refractivity contribution is -0.136. The number of aromatic nitrogens is 4. The van der Waals surface area contributed by atoms with E-state index in [0.717, 1.165) is 63.1 Å². The van der Waals surface area contributed by atoms with Gasteiger partial charge >= 0.3 is 6.09 Å². The third-order valence-electron chi connectivity index (χ3n) is 10.6. The fraction of sp³-hybridized carbons (Fsp3) is 0.385. The monoisotopic (exact) mass is 709 g/mol. The highest BCUT2D eigenvalue weighted by Gasteiger charge is 2.41. The van der Waals surface area contributed by atoms with E-state index in [9.17, 15) is 18.4 Å². The van der Waals surface area contributed by atoms with Gasteiger partial charge in [0.05, 0.1) is 49.5 Å². The Morgan fingerprint density at radius 2 is 1.52 bits per heavy atom. The summed E-state index contributed by atoms with van der Waals surface area (Å²) in [6.45, 7) is 1.38. The van der Waals surface area contributed by atoms with Crippen LogP contribution >= 0.6 is 0 Å². The number of aromatic amines is 2. The fourth-order valence-electron chi connectivity index (χ4n) is 7.77. The van der Waals surface area contributed by atoms with Crippen LogP contribution in [0.25, 0.3) is 44.4 Å². The molecule has 0 spiro atoms. The highest BCUT2D eigenvalue weighted by atomic mass is 19.3. The van der Waals surface area contributed by atoms with Crippen molar-refractivity contribution in [2.45, 2.75) is 56.2 Å². The first-order chi connectivity index (χ1) is 25.2. The quantitative estimate of drug-likeness (QED) is 0.140. The summed E-state index contributed by atoms with van der Waals surface area (Å²) in [4.78, 5) is 43.8. The van der Waals surface area contributed by atoms with Crippen molar-refractivity contribution in [3.05, 3.63) is 84.7 Å². The summed E-state index contributed by atoms with van der Waals surface area (Å²) in [7, 11) is 1.31. The number of hydrogen-bond donors (Lipinski definition) is 4. The molecule has 3 fully saturated rings. The van der Waals surface area contributed by atoms with E-state index >= 15 is 0 Å². The number of imidazole rings is 2. The molecule has 4 N–H and O–H groups in total. The van der Waals surface area contributed by atoms with Crippen molar-refractivity contribution >= 4 is 22.8 Å². The second kappa shape index (κ2) is 14.1. The van der Waals surface area contributed by atoms with Crippen LogP contribution in [0.5, 0.6) is 0 Å². The lowest BCUT2D eigenvalue weighted by Gasteiger charge is -2.34. The predicted octanol–water partition coefficient (Wildman–Crippen LogP) is 6.77. The SMILES string of the molecule is COC(=O)NC(C(=O)N1CCC[C@H]1c1ncc(-c2ccc3cc(-c4ccc(-c5cnc([C@@H]6CC(F)(F)CN6)[nH]5)cc4)ccc3c2)[nH]1)C1CCOCC1. The van der Waals surface area contributed by atoms with E-state index < -0.39 is 24.1 Å². The molecule has 1 unspecified atom stereocenters. The van der Waals surface area contributed by atoms with Gasteiger partial charge in [0, 0.05) is 31.7 Å². The maximum absolute atomic E-state index is 13.9. The molecule has 270 valence electrons. The summed E-state index contributed by atoms with van der Waals surface area (Å²) < 4.78 is 37.7. The number of alkyl carbamates (subject to hydrolysis) is 1. The molecule has 52 heavy (non-hydrogen) atoms. The number of carbonyl (C=O) groups is 2. The van der Waals surface area contributed by atoms with E-state index in [2.05, 4.69) is 62.0 Å². The normalized spacial score (nSPS) is 21.0. The van der Waals surface area contributed by atoms with Crippen LogP contribution in [0.3, 0.4) is 0 Å². The zero-order valence-corrected chi connectivity index (χ0v) is 28.8. The van der Waals surface area contributed by atoms with E-state index in [1.807, 2.05) is 35.4 Å². The number of methoxy groups -OCH3 is 1. The number of alkyl halides is 2. The number of ether oxygens (including phenoxy) is 2. The Kier molecular flexibility index (Phi) is 9.22. The molecule has 2 aromatic heterocycles. The Morgan fingerprint density at radius 3 is 2.23 bits per heavy atom. The number of nitrogens with one attached hydrogen (secondary N) is 4. The van der Waals surface area contributed by atoms with Gasteiger partial charge in [-0.05, 0) is 71.2 Å². The van der Waals surface area contributed by atoms with Crippen molar-refractivity contribution < 1.29 is 27.8 Å². The van der Waals surface area contributed by atoms with Gasteiger partial charge in [-0.15, -0.1) is 0 Å². The molecule has 2 amide bonds. The van der Waals surface area contributed by atoms with Crippen molar-refractivity contribution in [3.8, 4) is 33.6 Å². The molecule has 3 aliphatic rings. The van der Waals surface area contributed by atoms with Crippen LogP contribution < -0.4 is 10.6 Å². The molecule has 0 radical (unpaired) electrons. The Hall–Kier alpha value is -5.14. The highest BCUT2D eigenvalue weighted by molar-refractivity contribution is 5.91. The number of H-pyrrole nitrogens is 2. The predicted molar refractivity (Wildman–Crippen MR) is 191 cm³/mol. The molecule has 13 heteroatoms. The van der Waals surface area contributed by atoms with Crippen LogP contribution in [-0.2, 0) is 14.3 Å². The third-order valence-corrected chi connectivity index (χ3v) is 10.6. The highest BCUT2D eigenvalue weighted by Crippen LogP contribution is 2.36. The van der Waals surface area contributed by atoms with Gasteiger partial charge in [-0.25, -0.2) is 23.5 Å². The molecule has 3 aromatic carbocycles. The first-order valence-electron chi connectivity index (χ1n) is 17.8. The molecule has 3 atom stereocenters. The van der Waals surface area contributed by atoms with Crippen LogP contribution in [0.2, 0.25) is 0 Å². The summed E-state index contributed by atoms with van der Waals surface area (Å²) in [6, 6.07) is 19.4. The Balaban J connectivity index is 0.960. The number of benzene rings is 3. The smallest absolute Gasteiger partial charge is 0.407 e. The standard InChI is InChI=1S/C39H41F2N7O4/c1-51-38(50)47-34(25-12-15-52-16-13-25)37(49)48-14-2-3-33(48)36-43-21-32(46-36)29-11-10-27-17-26(8-9-28(27)18-29)23-4-6-24(7-5-23)31-20-42-35(45-31)30-19-39(40,41)22-44-30/h4-11,17-18,20-21,25,30,33-34,44H,2-3,12-16,19,22H2,1H3,(H,42,45)(H,43,46)(H,47,50)/t30-,33-,34?/m0/s1. The summed E-state index contributed by atoms with van der Waals surface area (Å²) in [6.07, 6.45) is 5.65. The Morgan fingerprint density at radius 1 is 0.885 bits per heavy atom. The maximum atomic E-state index is 13.9. The first-order valence-corrected chi connectivity index (χ1v) is 17.8. The van der Waals surface area contributed by atoms with Crippen molar-refractivity contribution in [3.63, 3.8) is 0 Å². The van der Waals surface area contributed by atoms with Gasteiger partial charge in [-0.2, -0.15) is 0 Å². The van der Waals surface area contributed by atoms with Gasteiger partial charge in [0.25, 0.3) is 5.92 Å². The molecule has 3 saturated heterocycles. The molecule has 0 saturated carbocycles. The Bertz CT molecular complexity index is 2070. The zero-order chi connectivity index (χ0) is 35.8.